The van der Waals surface area contributed by atoms with E-state index in [1.165, 1.54) is 4.88 Å². The molecular formula is C14H12Cl2OS. The van der Waals surface area contributed by atoms with E-state index in [1.54, 1.807) is 29.5 Å². The van der Waals surface area contributed by atoms with E-state index >= 15 is 0 Å². The van der Waals surface area contributed by atoms with E-state index in [-0.39, 0.29) is 5.78 Å². The third kappa shape index (κ3) is 3.14. The molecule has 0 atom stereocenters. The zero-order chi connectivity index (χ0) is 13.1. The zero-order valence-corrected chi connectivity index (χ0v) is 12.2. The first-order valence-electron chi connectivity index (χ1n) is 5.66. The Labute approximate surface area is 120 Å². The summed E-state index contributed by atoms with van der Waals surface area (Å²) < 4.78 is 0. The summed E-state index contributed by atoms with van der Waals surface area (Å²) in [5, 5.41) is 0.986. The second-order valence-corrected chi connectivity index (χ2v) is 6.04. The third-order valence-corrected chi connectivity index (χ3v) is 4.42. The molecule has 0 aliphatic carbocycles. The van der Waals surface area contributed by atoms with Crippen molar-refractivity contribution in [3.63, 3.8) is 0 Å². The topological polar surface area (TPSA) is 17.1 Å². The molecule has 0 amide bonds. The molecule has 1 aromatic carbocycles. The molecule has 0 aliphatic heterocycles. The monoisotopic (exact) mass is 298 g/mol. The fraction of sp³-hybridized carbons (Fsp3) is 0.214. The van der Waals surface area contributed by atoms with Gasteiger partial charge in [0.25, 0.3) is 0 Å². The number of thiophene rings is 1. The van der Waals surface area contributed by atoms with Crippen molar-refractivity contribution in [3.05, 3.63) is 55.7 Å². The molecule has 4 heteroatoms. The lowest BCUT2D eigenvalue weighted by atomic mass is 10.1. The minimum absolute atomic E-state index is 0.00648. The van der Waals surface area contributed by atoms with Crippen LogP contribution in [0.2, 0.25) is 10.0 Å². The average molecular weight is 299 g/mol. The minimum atomic E-state index is 0.00648. The third-order valence-electron chi connectivity index (χ3n) is 2.63. The number of aryl methyl sites for hydroxylation is 1. The molecule has 94 valence electrons. The Kier molecular flexibility index (Phi) is 4.44. The molecule has 18 heavy (non-hydrogen) atoms. The molecule has 0 fully saturated rings. The molecule has 0 bridgehead atoms. The highest BCUT2D eigenvalue weighted by Crippen LogP contribution is 2.24. The molecule has 1 aromatic heterocycles. The smallest absolute Gasteiger partial charge is 0.169 e. The van der Waals surface area contributed by atoms with Crippen LogP contribution in [0, 0.1) is 0 Å². The standard InChI is InChI=1S/C14H12Cl2OS/c1-2-10-4-5-11(18-10)8-14(17)12-7-9(15)3-6-13(12)16/h3-7H,2,8H2,1H3. The van der Waals surface area contributed by atoms with Crippen LogP contribution in [-0.4, -0.2) is 5.78 Å². The van der Waals surface area contributed by atoms with E-state index in [0.29, 0.717) is 22.0 Å². The van der Waals surface area contributed by atoms with Crippen molar-refractivity contribution >= 4 is 40.3 Å². The van der Waals surface area contributed by atoms with Gasteiger partial charge in [-0.1, -0.05) is 30.1 Å². The highest BCUT2D eigenvalue weighted by Gasteiger charge is 2.13. The van der Waals surface area contributed by atoms with E-state index in [4.69, 9.17) is 23.2 Å². The number of ketones is 1. The molecule has 0 unspecified atom stereocenters. The number of halogens is 2. The number of benzene rings is 1. The maximum absolute atomic E-state index is 12.1. The molecule has 0 saturated heterocycles. The first kappa shape index (κ1) is 13.6. The van der Waals surface area contributed by atoms with E-state index < -0.39 is 0 Å². The van der Waals surface area contributed by atoms with Gasteiger partial charge in [-0.15, -0.1) is 11.3 Å². The van der Waals surface area contributed by atoms with Gasteiger partial charge in [0.05, 0.1) is 5.02 Å². The predicted molar refractivity (Wildman–Crippen MR) is 78.2 cm³/mol. The number of carbonyl (C=O) groups is 1. The average Bonchev–Trinajstić information content (AvgIpc) is 2.80. The zero-order valence-electron chi connectivity index (χ0n) is 9.87. The van der Waals surface area contributed by atoms with Crippen molar-refractivity contribution in [2.45, 2.75) is 19.8 Å². The SMILES string of the molecule is CCc1ccc(CC(=O)c2cc(Cl)ccc2Cl)s1. The molecule has 2 aromatic rings. The second kappa shape index (κ2) is 5.87. The van der Waals surface area contributed by atoms with Gasteiger partial charge in [0.15, 0.2) is 5.78 Å². The van der Waals surface area contributed by atoms with Crippen LogP contribution < -0.4 is 0 Å². The van der Waals surface area contributed by atoms with Gasteiger partial charge in [-0.2, -0.15) is 0 Å². The summed E-state index contributed by atoms with van der Waals surface area (Å²) in [5.74, 6) is 0.00648. The van der Waals surface area contributed by atoms with E-state index in [0.717, 1.165) is 11.3 Å². The van der Waals surface area contributed by atoms with Gasteiger partial charge < -0.3 is 0 Å². The number of hydrogen-bond acceptors (Lipinski definition) is 2. The lowest BCUT2D eigenvalue weighted by Gasteiger charge is -2.03. The molecule has 0 saturated carbocycles. The molecule has 1 heterocycles. The molecule has 0 N–H and O–H groups in total. The van der Waals surface area contributed by atoms with Crippen LogP contribution in [-0.2, 0) is 12.8 Å². The molecule has 1 nitrogen and oxygen atoms in total. The van der Waals surface area contributed by atoms with Crippen LogP contribution in [0.4, 0.5) is 0 Å². The summed E-state index contributed by atoms with van der Waals surface area (Å²) in [6.45, 7) is 2.10. The summed E-state index contributed by atoms with van der Waals surface area (Å²) in [7, 11) is 0. The van der Waals surface area contributed by atoms with Gasteiger partial charge in [0.2, 0.25) is 0 Å². The summed E-state index contributed by atoms with van der Waals surface area (Å²) in [6, 6.07) is 9.03. The lowest BCUT2D eigenvalue weighted by molar-refractivity contribution is 0.0994. The molecular weight excluding hydrogens is 287 g/mol. The lowest BCUT2D eigenvalue weighted by Crippen LogP contribution is -2.03. The maximum Gasteiger partial charge on any atom is 0.169 e. The Morgan fingerprint density at radius 3 is 2.56 bits per heavy atom. The molecule has 0 spiro atoms. The highest BCUT2D eigenvalue weighted by molar-refractivity contribution is 7.12. The van der Waals surface area contributed by atoms with Crippen molar-refractivity contribution in [1.29, 1.82) is 0 Å². The number of hydrogen-bond donors (Lipinski definition) is 0. The fourth-order valence-corrected chi connectivity index (χ4v) is 3.02. The summed E-state index contributed by atoms with van der Waals surface area (Å²) in [6.07, 6.45) is 1.38. The summed E-state index contributed by atoms with van der Waals surface area (Å²) >= 11 is 13.6. The van der Waals surface area contributed by atoms with Gasteiger partial charge in [-0.25, -0.2) is 0 Å². The van der Waals surface area contributed by atoms with Crippen molar-refractivity contribution < 1.29 is 4.79 Å². The summed E-state index contributed by atoms with van der Waals surface area (Å²) in [4.78, 5) is 14.5. The number of Topliss-reactive ketones (excluding diaryl/α,β-unsaturated/α-hetero) is 1. The van der Waals surface area contributed by atoms with E-state index in [9.17, 15) is 4.79 Å². The van der Waals surface area contributed by atoms with Crippen LogP contribution in [0.15, 0.2) is 30.3 Å². The van der Waals surface area contributed by atoms with Crippen molar-refractivity contribution in [3.8, 4) is 0 Å². The Bertz CT molecular complexity index is 575. The Morgan fingerprint density at radius 1 is 1.17 bits per heavy atom. The van der Waals surface area contributed by atoms with E-state index in [1.807, 2.05) is 6.07 Å². The first-order chi connectivity index (χ1) is 8.60. The quantitative estimate of drug-likeness (QED) is 0.723. The molecule has 0 radical (unpaired) electrons. The van der Waals surface area contributed by atoms with Crippen LogP contribution in [0.25, 0.3) is 0 Å². The largest absolute Gasteiger partial charge is 0.294 e. The minimum Gasteiger partial charge on any atom is -0.294 e. The van der Waals surface area contributed by atoms with Crippen LogP contribution in [0.1, 0.15) is 27.0 Å². The van der Waals surface area contributed by atoms with Gasteiger partial charge in [-0.05, 0) is 36.8 Å². The van der Waals surface area contributed by atoms with Crippen LogP contribution in [0.3, 0.4) is 0 Å². The van der Waals surface area contributed by atoms with Crippen molar-refractivity contribution in [1.82, 2.24) is 0 Å². The van der Waals surface area contributed by atoms with Gasteiger partial charge >= 0.3 is 0 Å². The number of rotatable bonds is 4. The first-order valence-corrected chi connectivity index (χ1v) is 7.23. The van der Waals surface area contributed by atoms with Crippen molar-refractivity contribution in [2.24, 2.45) is 0 Å². The maximum atomic E-state index is 12.1. The normalized spacial score (nSPS) is 10.6. The predicted octanol–water partition coefficient (Wildman–Crippen LogP) is 5.04. The van der Waals surface area contributed by atoms with Crippen molar-refractivity contribution in [2.75, 3.05) is 0 Å². The van der Waals surface area contributed by atoms with Gasteiger partial charge in [-0.3, -0.25) is 4.79 Å². The van der Waals surface area contributed by atoms with Crippen LogP contribution in [0.5, 0.6) is 0 Å². The highest BCUT2D eigenvalue weighted by atomic mass is 35.5. The Balaban J connectivity index is 2.19. The second-order valence-electron chi connectivity index (χ2n) is 3.95. The van der Waals surface area contributed by atoms with Gasteiger partial charge in [0, 0.05) is 26.8 Å². The molecule has 2 rings (SSSR count). The fourth-order valence-electron chi connectivity index (χ4n) is 1.67. The summed E-state index contributed by atoms with van der Waals surface area (Å²) in [5.41, 5.74) is 0.496. The Morgan fingerprint density at radius 2 is 1.89 bits per heavy atom. The Hall–Kier alpha value is -0.830. The number of carbonyl (C=O) groups excluding carboxylic acids is 1. The molecule has 0 aliphatic rings. The van der Waals surface area contributed by atoms with Gasteiger partial charge in [0.1, 0.15) is 0 Å². The van der Waals surface area contributed by atoms with E-state index in [2.05, 4.69) is 13.0 Å². The van der Waals surface area contributed by atoms with Crippen LogP contribution >= 0.6 is 34.5 Å².